The van der Waals surface area contributed by atoms with Gasteiger partial charge in [-0.3, -0.25) is 4.79 Å². The van der Waals surface area contributed by atoms with E-state index in [0.29, 0.717) is 12.3 Å². The molecule has 22 heavy (non-hydrogen) atoms. The smallest absolute Gasteiger partial charge is 0.223 e. The predicted octanol–water partition coefficient (Wildman–Crippen LogP) is 2.00. The van der Waals surface area contributed by atoms with Crippen LogP contribution in [0, 0.1) is 13.8 Å². The fourth-order valence-corrected chi connectivity index (χ4v) is 4.73. The Hall–Kier alpha value is -1.37. The molecular formula is C15H24N2O4S. The van der Waals surface area contributed by atoms with Crippen molar-refractivity contribution in [2.45, 2.75) is 57.7 Å². The molecule has 0 aliphatic heterocycles. The van der Waals surface area contributed by atoms with Crippen molar-refractivity contribution in [3.8, 4) is 0 Å². The largest absolute Gasteiger partial charge is 0.361 e. The maximum atomic E-state index is 12.2. The molecule has 0 aromatic carbocycles. The zero-order chi connectivity index (χ0) is 16.3. The summed E-state index contributed by atoms with van der Waals surface area (Å²) in [7, 11) is -1.47. The summed E-state index contributed by atoms with van der Waals surface area (Å²) >= 11 is 0. The van der Waals surface area contributed by atoms with E-state index in [1.54, 1.807) is 14.0 Å². The normalized spacial score (nSPS) is 16.1. The minimum Gasteiger partial charge on any atom is -0.361 e. The molecule has 6 nitrogen and oxygen atoms in total. The molecule has 0 radical (unpaired) electrons. The van der Waals surface area contributed by atoms with Crippen LogP contribution in [0.25, 0.3) is 0 Å². The molecule has 1 aromatic rings. The van der Waals surface area contributed by atoms with Crippen molar-refractivity contribution in [1.82, 2.24) is 10.1 Å². The molecule has 1 heterocycles. The van der Waals surface area contributed by atoms with Gasteiger partial charge < -0.3 is 9.42 Å². The van der Waals surface area contributed by atoms with Gasteiger partial charge in [-0.15, -0.1) is 0 Å². The van der Waals surface area contributed by atoms with Gasteiger partial charge in [0.2, 0.25) is 5.91 Å². The molecule has 1 amide bonds. The van der Waals surface area contributed by atoms with E-state index in [4.69, 9.17) is 4.52 Å². The number of hydrogen-bond donors (Lipinski definition) is 0. The topological polar surface area (TPSA) is 80.5 Å². The molecule has 0 spiro atoms. The molecule has 1 aliphatic carbocycles. The van der Waals surface area contributed by atoms with Crippen LogP contribution in [0.3, 0.4) is 0 Å². The van der Waals surface area contributed by atoms with Crippen LogP contribution in [-0.2, 0) is 21.2 Å². The molecule has 1 aliphatic rings. The highest BCUT2D eigenvalue weighted by molar-refractivity contribution is 7.92. The lowest BCUT2D eigenvalue weighted by Gasteiger charge is -2.18. The Morgan fingerprint density at radius 1 is 1.32 bits per heavy atom. The number of nitrogens with zero attached hydrogens (tertiary/aromatic N) is 2. The van der Waals surface area contributed by atoms with E-state index in [1.165, 1.54) is 4.90 Å². The van der Waals surface area contributed by atoms with Gasteiger partial charge in [-0.25, -0.2) is 8.42 Å². The number of aromatic nitrogens is 1. The van der Waals surface area contributed by atoms with Crippen molar-refractivity contribution in [2.75, 3.05) is 12.8 Å². The van der Waals surface area contributed by atoms with Crippen LogP contribution in [0.4, 0.5) is 0 Å². The summed E-state index contributed by atoms with van der Waals surface area (Å²) in [4.78, 5) is 13.7. The first kappa shape index (κ1) is 17.0. The van der Waals surface area contributed by atoms with Crippen molar-refractivity contribution in [3.05, 3.63) is 17.0 Å². The highest BCUT2D eigenvalue weighted by Gasteiger charge is 2.29. The summed E-state index contributed by atoms with van der Waals surface area (Å²) in [5.41, 5.74) is 1.64. The molecule has 2 rings (SSSR count). The van der Waals surface area contributed by atoms with E-state index >= 15 is 0 Å². The molecule has 0 bridgehead atoms. The fourth-order valence-electron chi connectivity index (χ4n) is 2.89. The monoisotopic (exact) mass is 328 g/mol. The third kappa shape index (κ3) is 3.88. The van der Waals surface area contributed by atoms with Gasteiger partial charge in [-0.1, -0.05) is 18.0 Å². The highest BCUT2D eigenvalue weighted by atomic mass is 32.2. The van der Waals surface area contributed by atoms with Gasteiger partial charge in [0, 0.05) is 19.0 Å². The molecular weight excluding hydrogens is 304 g/mol. The number of carbonyl (C=O) groups is 1. The molecule has 0 atom stereocenters. The second kappa shape index (κ2) is 6.81. The highest BCUT2D eigenvalue weighted by Crippen LogP contribution is 2.25. The Morgan fingerprint density at radius 3 is 2.50 bits per heavy atom. The lowest BCUT2D eigenvalue weighted by molar-refractivity contribution is -0.130. The SMILES string of the molecule is Cc1noc(C)c1CN(C)C(=O)CCS(=O)(=O)C1CCCC1. The molecule has 0 N–H and O–H groups in total. The summed E-state index contributed by atoms with van der Waals surface area (Å²) in [6.07, 6.45) is 3.48. The van der Waals surface area contributed by atoms with E-state index in [2.05, 4.69) is 5.16 Å². The third-order valence-electron chi connectivity index (χ3n) is 4.41. The number of amides is 1. The van der Waals surface area contributed by atoms with Crippen LogP contribution < -0.4 is 0 Å². The molecule has 1 aromatic heterocycles. The van der Waals surface area contributed by atoms with Crippen molar-refractivity contribution in [3.63, 3.8) is 0 Å². The number of sulfone groups is 1. The van der Waals surface area contributed by atoms with Crippen LogP contribution in [0.1, 0.15) is 49.1 Å². The Labute approximate surface area is 131 Å². The average Bonchev–Trinajstić information content (AvgIpc) is 3.10. The van der Waals surface area contributed by atoms with Gasteiger partial charge in [-0.05, 0) is 26.7 Å². The Morgan fingerprint density at radius 2 is 1.95 bits per heavy atom. The second-order valence-corrected chi connectivity index (χ2v) is 8.48. The van der Waals surface area contributed by atoms with E-state index in [0.717, 1.165) is 36.9 Å². The van der Waals surface area contributed by atoms with E-state index < -0.39 is 9.84 Å². The number of rotatable bonds is 6. The van der Waals surface area contributed by atoms with Gasteiger partial charge in [0.25, 0.3) is 0 Å². The van der Waals surface area contributed by atoms with E-state index in [1.807, 2.05) is 6.92 Å². The number of carbonyl (C=O) groups excluding carboxylic acids is 1. The fraction of sp³-hybridized carbons (Fsp3) is 0.733. The first-order chi connectivity index (χ1) is 10.3. The third-order valence-corrected chi connectivity index (χ3v) is 6.67. The summed E-state index contributed by atoms with van der Waals surface area (Å²) in [5.74, 6) is 0.472. The standard InChI is InChI=1S/C15H24N2O4S/c1-11-14(12(2)21-16-11)10-17(3)15(18)8-9-22(19,20)13-6-4-5-7-13/h13H,4-10H2,1-3H3. The Kier molecular flexibility index (Phi) is 5.26. The molecule has 124 valence electrons. The van der Waals surface area contributed by atoms with Crippen molar-refractivity contribution < 1.29 is 17.7 Å². The van der Waals surface area contributed by atoms with Crippen LogP contribution in [0.2, 0.25) is 0 Å². The molecule has 1 saturated carbocycles. The number of hydrogen-bond acceptors (Lipinski definition) is 5. The average molecular weight is 328 g/mol. The second-order valence-electron chi connectivity index (χ2n) is 6.08. The van der Waals surface area contributed by atoms with E-state index in [9.17, 15) is 13.2 Å². The lowest BCUT2D eigenvalue weighted by Crippen LogP contribution is -2.30. The van der Waals surface area contributed by atoms with Gasteiger partial charge in [-0.2, -0.15) is 0 Å². The Balaban J connectivity index is 1.89. The first-order valence-electron chi connectivity index (χ1n) is 7.68. The zero-order valence-electron chi connectivity index (χ0n) is 13.5. The lowest BCUT2D eigenvalue weighted by atomic mass is 10.2. The van der Waals surface area contributed by atoms with Crippen LogP contribution in [-0.4, -0.2) is 42.4 Å². The maximum absolute atomic E-state index is 12.2. The quantitative estimate of drug-likeness (QED) is 0.798. The van der Waals surface area contributed by atoms with Gasteiger partial charge in [0.05, 0.1) is 23.2 Å². The molecule has 0 unspecified atom stereocenters. The van der Waals surface area contributed by atoms with Gasteiger partial charge in [0.15, 0.2) is 9.84 Å². The van der Waals surface area contributed by atoms with Crippen molar-refractivity contribution in [1.29, 1.82) is 0 Å². The van der Waals surface area contributed by atoms with Crippen LogP contribution >= 0.6 is 0 Å². The predicted molar refractivity (Wildman–Crippen MR) is 83.1 cm³/mol. The molecule has 7 heteroatoms. The maximum Gasteiger partial charge on any atom is 0.223 e. The van der Waals surface area contributed by atoms with Gasteiger partial charge in [0.1, 0.15) is 5.76 Å². The van der Waals surface area contributed by atoms with Gasteiger partial charge >= 0.3 is 0 Å². The van der Waals surface area contributed by atoms with Crippen molar-refractivity contribution >= 4 is 15.7 Å². The summed E-state index contributed by atoms with van der Waals surface area (Å²) in [5, 5.41) is 3.61. The zero-order valence-corrected chi connectivity index (χ0v) is 14.3. The van der Waals surface area contributed by atoms with Crippen LogP contribution in [0.5, 0.6) is 0 Å². The number of aryl methyl sites for hydroxylation is 2. The minimum absolute atomic E-state index is 0.0404. The first-order valence-corrected chi connectivity index (χ1v) is 9.40. The Bertz CT molecular complexity index is 610. The molecule has 1 fully saturated rings. The summed E-state index contributed by atoms with van der Waals surface area (Å²) < 4.78 is 29.5. The minimum atomic E-state index is -3.15. The van der Waals surface area contributed by atoms with Crippen molar-refractivity contribution in [2.24, 2.45) is 0 Å². The molecule has 0 saturated heterocycles. The summed E-state index contributed by atoms with van der Waals surface area (Å²) in [6.45, 7) is 4.02. The van der Waals surface area contributed by atoms with E-state index in [-0.39, 0.29) is 23.3 Å². The van der Waals surface area contributed by atoms with Crippen LogP contribution in [0.15, 0.2) is 4.52 Å². The summed E-state index contributed by atoms with van der Waals surface area (Å²) in [6, 6.07) is 0.